The minimum Gasteiger partial charge on any atom is -0.508 e. The quantitative estimate of drug-likeness (QED) is 0.343. The van der Waals surface area contributed by atoms with E-state index in [9.17, 15) is 40.6 Å². The Morgan fingerprint density at radius 3 is 2.14 bits per heavy atom. The van der Waals surface area contributed by atoms with Gasteiger partial charge in [-0.05, 0) is 47.4 Å². The van der Waals surface area contributed by atoms with Crippen molar-refractivity contribution in [2.24, 2.45) is 0 Å². The molecule has 0 radical (unpaired) electrons. The molecule has 3 aromatic rings. The summed E-state index contributed by atoms with van der Waals surface area (Å²) in [6.07, 6.45) is -9.83. The van der Waals surface area contributed by atoms with Crippen LogP contribution >= 0.6 is 0 Å². The minimum atomic E-state index is -4.79. The number of hydrogen-bond acceptors (Lipinski definition) is 2. The lowest BCUT2D eigenvalue weighted by molar-refractivity contribution is -0.138. The summed E-state index contributed by atoms with van der Waals surface area (Å²) >= 11 is 0. The number of phenolic OH excluding ortho intramolecular Hbond substituents is 1. The summed E-state index contributed by atoms with van der Waals surface area (Å²) in [7, 11) is 0. The molecule has 0 bridgehead atoms. The first-order chi connectivity index (χ1) is 16.7. The molecule has 0 aliphatic heterocycles. The predicted molar refractivity (Wildman–Crippen MR) is 118 cm³/mol. The van der Waals surface area contributed by atoms with Gasteiger partial charge in [0.05, 0.1) is 11.1 Å². The Labute approximate surface area is 201 Å². The molecule has 3 aromatic carbocycles. The number of halogens is 7. The maximum atomic E-state index is 14.4. The number of phenols is 1. The first-order valence-corrected chi connectivity index (χ1v) is 10.5. The molecule has 0 unspecified atom stereocenters. The second kappa shape index (κ2) is 10.1. The highest BCUT2D eigenvalue weighted by atomic mass is 19.4. The van der Waals surface area contributed by atoms with Crippen molar-refractivity contribution in [1.29, 1.82) is 0 Å². The Balaban J connectivity index is 2.28. The Kier molecular flexibility index (Phi) is 7.51. The monoisotopic (exact) mass is 514 g/mol. The van der Waals surface area contributed by atoms with Gasteiger partial charge in [-0.15, -0.1) is 0 Å². The molecule has 192 valence electrons. The fourth-order valence-corrected chi connectivity index (χ4v) is 3.89. The van der Waals surface area contributed by atoms with Gasteiger partial charge in [0.25, 0.3) is 0 Å². The Morgan fingerprint density at radius 2 is 1.56 bits per heavy atom. The van der Waals surface area contributed by atoms with Gasteiger partial charge >= 0.3 is 18.4 Å². The van der Waals surface area contributed by atoms with Crippen LogP contribution < -0.4 is 10.6 Å². The van der Waals surface area contributed by atoms with Crippen LogP contribution in [0, 0.1) is 12.7 Å². The zero-order chi connectivity index (χ0) is 26.7. The van der Waals surface area contributed by atoms with Crippen LogP contribution in [0.4, 0.5) is 35.5 Å². The molecule has 0 spiro atoms. The fraction of sp³-hybridized carbons (Fsp3) is 0.240. The maximum absolute atomic E-state index is 14.4. The standard InChI is InChI=1S/C25H21F7N2O2/c1-15-7-8-17(11-21(15)25(30,31)32)23(13-16-5-3-2-4-6-16,18-9-19(26)12-20(35)10-18)34-22(36)33-14-24(27,28)29/h2-12,35H,13-14H2,1H3,(H2,33,34,36)/t23-/m1/s1. The number of urea groups is 1. The topological polar surface area (TPSA) is 61.4 Å². The van der Waals surface area contributed by atoms with Gasteiger partial charge < -0.3 is 15.7 Å². The third kappa shape index (κ3) is 6.46. The van der Waals surface area contributed by atoms with E-state index in [1.165, 1.54) is 13.0 Å². The van der Waals surface area contributed by atoms with E-state index in [4.69, 9.17) is 0 Å². The van der Waals surface area contributed by atoms with Gasteiger partial charge in [-0.25, -0.2) is 9.18 Å². The number of amides is 2. The van der Waals surface area contributed by atoms with E-state index in [0.717, 1.165) is 30.3 Å². The highest BCUT2D eigenvalue weighted by Gasteiger charge is 2.41. The molecule has 4 nitrogen and oxygen atoms in total. The van der Waals surface area contributed by atoms with Gasteiger partial charge in [0.15, 0.2) is 0 Å². The smallest absolute Gasteiger partial charge is 0.416 e. The van der Waals surface area contributed by atoms with Crippen molar-refractivity contribution in [3.63, 3.8) is 0 Å². The summed E-state index contributed by atoms with van der Waals surface area (Å²) in [6.45, 7) is -0.487. The van der Waals surface area contributed by atoms with Crippen molar-refractivity contribution < 1.29 is 40.6 Å². The predicted octanol–water partition coefficient (Wildman–Crippen LogP) is 6.21. The van der Waals surface area contributed by atoms with E-state index >= 15 is 0 Å². The van der Waals surface area contributed by atoms with E-state index in [1.54, 1.807) is 35.6 Å². The zero-order valence-electron chi connectivity index (χ0n) is 18.8. The lowest BCUT2D eigenvalue weighted by Crippen LogP contribution is -2.53. The van der Waals surface area contributed by atoms with Crippen LogP contribution in [0.15, 0.2) is 66.7 Å². The fourth-order valence-electron chi connectivity index (χ4n) is 3.89. The number of alkyl halides is 6. The number of carbonyl (C=O) groups is 1. The molecule has 36 heavy (non-hydrogen) atoms. The van der Waals surface area contributed by atoms with Crippen LogP contribution in [0.25, 0.3) is 0 Å². The Bertz CT molecular complexity index is 1210. The number of carbonyl (C=O) groups excluding carboxylic acids is 1. The van der Waals surface area contributed by atoms with Crippen LogP contribution in [0.1, 0.15) is 27.8 Å². The van der Waals surface area contributed by atoms with Gasteiger partial charge in [0.2, 0.25) is 0 Å². The summed E-state index contributed by atoms with van der Waals surface area (Å²) in [6, 6.07) is 12.5. The van der Waals surface area contributed by atoms with E-state index in [-0.39, 0.29) is 23.1 Å². The summed E-state index contributed by atoms with van der Waals surface area (Å²) in [5.41, 5.74) is -3.09. The summed E-state index contributed by atoms with van der Waals surface area (Å²) in [5.74, 6) is -1.56. The lowest BCUT2D eigenvalue weighted by Gasteiger charge is -2.37. The Hall–Kier alpha value is -3.76. The lowest BCUT2D eigenvalue weighted by atomic mass is 9.77. The molecule has 0 heterocycles. The van der Waals surface area contributed by atoms with Crippen molar-refractivity contribution in [1.82, 2.24) is 10.6 Å². The van der Waals surface area contributed by atoms with Crippen LogP contribution in [-0.4, -0.2) is 23.9 Å². The molecule has 11 heteroatoms. The highest BCUT2D eigenvalue weighted by Crippen LogP contribution is 2.40. The molecular weight excluding hydrogens is 493 g/mol. The number of nitrogens with one attached hydrogen (secondary N) is 2. The van der Waals surface area contributed by atoms with Crippen LogP contribution in [0.5, 0.6) is 5.75 Å². The first kappa shape index (κ1) is 26.8. The number of rotatable bonds is 6. The second-order valence-corrected chi connectivity index (χ2v) is 8.22. The number of benzene rings is 3. The first-order valence-electron chi connectivity index (χ1n) is 10.5. The van der Waals surface area contributed by atoms with Crippen LogP contribution in [0.2, 0.25) is 0 Å². The SMILES string of the molecule is Cc1ccc([C@@](Cc2ccccc2)(NC(=O)NCC(F)(F)F)c2cc(O)cc(F)c2)cc1C(F)(F)F. The molecule has 3 rings (SSSR count). The third-order valence-corrected chi connectivity index (χ3v) is 5.50. The average Bonchev–Trinajstić information content (AvgIpc) is 2.76. The van der Waals surface area contributed by atoms with E-state index in [0.29, 0.717) is 5.56 Å². The van der Waals surface area contributed by atoms with Gasteiger partial charge in [-0.2, -0.15) is 26.3 Å². The molecule has 0 aliphatic carbocycles. The highest BCUT2D eigenvalue weighted by molar-refractivity contribution is 5.76. The van der Waals surface area contributed by atoms with Crippen LogP contribution in [-0.2, 0) is 18.1 Å². The van der Waals surface area contributed by atoms with E-state index in [1.807, 2.05) is 0 Å². The van der Waals surface area contributed by atoms with Gasteiger partial charge in [0, 0.05) is 12.5 Å². The Morgan fingerprint density at radius 1 is 0.889 bits per heavy atom. The molecule has 0 aliphatic rings. The van der Waals surface area contributed by atoms with Crippen molar-refractivity contribution in [3.05, 3.63) is 100 Å². The second-order valence-electron chi connectivity index (χ2n) is 8.22. The third-order valence-electron chi connectivity index (χ3n) is 5.50. The number of hydrogen-bond donors (Lipinski definition) is 3. The van der Waals surface area contributed by atoms with Crippen molar-refractivity contribution in [3.8, 4) is 5.75 Å². The van der Waals surface area contributed by atoms with Crippen LogP contribution in [0.3, 0.4) is 0 Å². The normalized spacial score (nSPS) is 13.7. The van der Waals surface area contributed by atoms with Crippen molar-refractivity contribution >= 4 is 6.03 Å². The van der Waals surface area contributed by atoms with Gasteiger partial charge in [-0.3, -0.25) is 0 Å². The zero-order valence-corrected chi connectivity index (χ0v) is 18.8. The summed E-state index contributed by atoms with van der Waals surface area (Å²) in [5, 5.41) is 14.0. The molecule has 1 atom stereocenters. The van der Waals surface area contributed by atoms with Gasteiger partial charge in [-0.1, -0.05) is 42.5 Å². The minimum absolute atomic E-state index is 0.136. The molecule has 3 N–H and O–H groups in total. The molecule has 0 aromatic heterocycles. The molecule has 0 fully saturated rings. The van der Waals surface area contributed by atoms with Gasteiger partial charge in [0.1, 0.15) is 18.1 Å². The average molecular weight is 514 g/mol. The van der Waals surface area contributed by atoms with E-state index in [2.05, 4.69) is 5.32 Å². The largest absolute Gasteiger partial charge is 0.508 e. The molecule has 0 saturated carbocycles. The molecule has 2 amide bonds. The number of aromatic hydroxyl groups is 1. The van der Waals surface area contributed by atoms with E-state index < -0.39 is 47.6 Å². The molecule has 0 saturated heterocycles. The number of aryl methyl sites for hydroxylation is 1. The maximum Gasteiger partial charge on any atom is 0.416 e. The van der Waals surface area contributed by atoms with Crippen molar-refractivity contribution in [2.75, 3.05) is 6.54 Å². The van der Waals surface area contributed by atoms with Crippen molar-refractivity contribution in [2.45, 2.75) is 31.2 Å². The summed E-state index contributed by atoms with van der Waals surface area (Å²) < 4.78 is 93.8. The molecular formula is C25H21F7N2O2. The summed E-state index contributed by atoms with van der Waals surface area (Å²) in [4.78, 5) is 12.7.